The van der Waals surface area contributed by atoms with Crippen LogP contribution in [0.4, 0.5) is 0 Å². The predicted octanol–water partition coefficient (Wildman–Crippen LogP) is 2.09. The third-order valence-corrected chi connectivity index (χ3v) is 6.86. The molecule has 0 bridgehead atoms. The number of methoxy groups -OCH3 is 1. The highest BCUT2D eigenvalue weighted by atomic mass is 16.5. The topological polar surface area (TPSA) is 54.0 Å². The van der Waals surface area contributed by atoms with Gasteiger partial charge in [-0.3, -0.25) is 14.6 Å². The van der Waals surface area contributed by atoms with E-state index in [2.05, 4.69) is 15.1 Å². The molecule has 0 radical (unpaired) electrons. The molecule has 2 aliphatic rings. The van der Waals surface area contributed by atoms with Gasteiger partial charge in [0.1, 0.15) is 12.4 Å². The largest absolute Gasteiger partial charge is 0.492 e. The second-order valence-corrected chi connectivity index (χ2v) is 9.74. The number of nitrogens with zero attached hydrogens (tertiary/aromatic N) is 3. The number of ether oxygens (including phenoxy) is 2. The summed E-state index contributed by atoms with van der Waals surface area (Å²) in [4.78, 5) is 16.9. The zero-order chi connectivity index (χ0) is 23.7. The van der Waals surface area contributed by atoms with Crippen molar-refractivity contribution in [2.75, 3.05) is 85.8 Å². The molecule has 184 valence electrons. The number of quaternary nitrogens is 1. The van der Waals surface area contributed by atoms with E-state index in [1.807, 2.05) is 44.2 Å². The second kappa shape index (κ2) is 12.5. The Morgan fingerprint density at radius 3 is 2.03 bits per heavy atom. The molecule has 2 aliphatic heterocycles. The SMILES string of the molecule is COCCN1CC[N+]2(CC1)CCN(CCOc1ccc(/C=C(\NC(C)C)C(C)=O)cc1)CC2. The Morgan fingerprint density at radius 2 is 1.55 bits per heavy atom. The van der Waals surface area contributed by atoms with E-state index in [0.717, 1.165) is 44.1 Å². The number of hydrogen-bond donors (Lipinski definition) is 1. The smallest absolute Gasteiger partial charge is 0.175 e. The molecular weight excluding hydrogens is 416 g/mol. The van der Waals surface area contributed by atoms with Crippen molar-refractivity contribution in [1.82, 2.24) is 15.1 Å². The molecule has 2 heterocycles. The number of carbonyl (C=O) groups is 1. The van der Waals surface area contributed by atoms with Crippen LogP contribution in [0.5, 0.6) is 5.75 Å². The van der Waals surface area contributed by atoms with Crippen LogP contribution in [0.2, 0.25) is 0 Å². The minimum Gasteiger partial charge on any atom is -0.492 e. The molecule has 0 unspecified atom stereocenters. The first kappa shape index (κ1) is 25.7. The molecular formula is C26H43N4O3+. The van der Waals surface area contributed by atoms with E-state index in [0.29, 0.717) is 12.3 Å². The number of piperazine rings is 2. The van der Waals surface area contributed by atoms with E-state index in [1.165, 1.54) is 43.8 Å². The van der Waals surface area contributed by atoms with E-state index in [-0.39, 0.29) is 11.8 Å². The maximum absolute atomic E-state index is 11.8. The maximum Gasteiger partial charge on any atom is 0.175 e. The highest BCUT2D eigenvalue weighted by Crippen LogP contribution is 2.18. The summed E-state index contributed by atoms with van der Waals surface area (Å²) in [5.41, 5.74) is 1.63. The summed E-state index contributed by atoms with van der Waals surface area (Å²) >= 11 is 0. The molecule has 1 aromatic carbocycles. The number of ketones is 1. The number of benzene rings is 1. The molecule has 2 fully saturated rings. The van der Waals surface area contributed by atoms with Gasteiger partial charge in [-0.05, 0) is 37.6 Å². The molecule has 0 aromatic heterocycles. The number of carbonyl (C=O) groups excluding carboxylic acids is 1. The van der Waals surface area contributed by atoms with Crippen LogP contribution < -0.4 is 10.1 Å². The number of rotatable bonds is 11. The van der Waals surface area contributed by atoms with E-state index in [1.54, 1.807) is 14.0 Å². The molecule has 1 N–H and O–H groups in total. The van der Waals surface area contributed by atoms with Crippen molar-refractivity contribution in [3.05, 3.63) is 35.5 Å². The summed E-state index contributed by atoms with van der Waals surface area (Å²) in [7, 11) is 1.78. The fraction of sp³-hybridized carbons (Fsp3) is 0.654. The molecule has 0 amide bonds. The average molecular weight is 460 g/mol. The quantitative estimate of drug-likeness (QED) is 0.404. The first-order valence-electron chi connectivity index (χ1n) is 12.4. The van der Waals surface area contributed by atoms with Crippen molar-refractivity contribution >= 4 is 11.9 Å². The van der Waals surface area contributed by atoms with Gasteiger partial charge in [-0.25, -0.2) is 0 Å². The summed E-state index contributed by atoms with van der Waals surface area (Å²) in [6, 6.07) is 8.19. The molecule has 0 saturated carbocycles. The molecule has 33 heavy (non-hydrogen) atoms. The van der Waals surface area contributed by atoms with Gasteiger partial charge in [-0.15, -0.1) is 0 Å². The van der Waals surface area contributed by atoms with Crippen molar-refractivity contribution in [3.8, 4) is 5.75 Å². The minimum absolute atomic E-state index is 0.0441. The van der Waals surface area contributed by atoms with Crippen LogP contribution in [0.3, 0.4) is 0 Å². The van der Waals surface area contributed by atoms with Crippen molar-refractivity contribution in [2.24, 2.45) is 0 Å². The van der Waals surface area contributed by atoms with Crippen LogP contribution in [-0.4, -0.2) is 112 Å². The first-order valence-corrected chi connectivity index (χ1v) is 12.4. The fourth-order valence-corrected chi connectivity index (χ4v) is 4.65. The third kappa shape index (κ3) is 8.10. The summed E-state index contributed by atoms with van der Waals surface area (Å²) in [6.45, 7) is 19.0. The fourth-order valence-electron chi connectivity index (χ4n) is 4.65. The molecule has 3 rings (SSSR count). The number of hydrogen-bond acceptors (Lipinski definition) is 6. The summed E-state index contributed by atoms with van der Waals surface area (Å²) in [5.74, 6) is 0.920. The van der Waals surface area contributed by atoms with Gasteiger partial charge < -0.3 is 19.3 Å². The summed E-state index contributed by atoms with van der Waals surface area (Å²) < 4.78 is 12.5. The monoisotopic (exact) mass is 459 g/mol. The van der Waals surface area contributed by atoms with Crippen molar-refractivity contribution < 1.29 is 18.8 Å². The molecule has 1 spiro atoms. The van der Waals surface area contributed by atoms with Crippen LogP contribution in [0, 0.1) is 0 Å². The molecule has 7 nitrogen and oxygen atoms in total. The molecule has 1 aromatic rings. The summed E-state index contributed by atoms with van der Waals surface area (Å²) in [6.07, 6.45) is 1.90. The number of Topliss-reactive ketones (excluding diaryl/α,β-unsaturated/α-hetero) is 1. The lowest BCUT2D eigenvalue weighted by atomic mass is 10.1. The van der Waals surface area contributed by atoms with Gasteiger partial charge in [0.15, 0.2) is 5.78 Å². The van der Waals surface area contributed by atoms with Crippen LogP contribution in [0.15, 0.2) is 30.0 Å². The highest BCUT2D eigenvalue weighted by molar-refractivity contribution is 5.97. The van der Waals surface area contributed by atoms with E-state index < -0.39 is 0 Å². The Morgan fingerprint density at radius 1 is 1.00 bits per heavy atom. The van der Waals surface area contributed by atoms with Gasteiger partial charge in [-0.2, -0.15) is 0 Å². The van der Waals surface area contributed by atoms with Crippen LogP contribution in [0.1, 0.15) is 26.3 Å². The zero-order valence-electron chi connectivity index (χ0n) is 21.0. The van der Waals surface area contributed by atoms with Crippen molar-refractivity contribution in [3.63, 3.8) is 0 Å². The average Bonchev–Trinajstić information content (AvgIpc) is 2.80. The van der Waals surface area contributed by atoms with Crippen molar-refractivity contribution in [2.45, 2.75) is 26.8 Å². The summed E-state index contributed by atoms with van der Waals surface area (Å²) in [5, 5.41) is 3.21. The third-order valence-electron chi connectivity index (χ3n) is 6.86. The lowest BCUT2D eigenvalue weighted by molar-refractivity contribution is -0.935. The van der Waals surface area contributed by atoms with Gasteiger partial charge >= 0.3 is 0 Å². The zero-order valence-corrected chi connectivity index (χ0v) is 21.0. The Bertz CT molecular complexity index is 760. The second-order valence-electron chi connectivity index (χ2n) is 9.74. The normalized spacial score (nSPS) is 19.7. The molecule has 0 aliphatic carbocycles. The standard InChI is InChI=1S/C26H43N4O3/c1-22(2)27-26(23(3)31)21-24-5-7-25(8-6-24)33-20-14-29-11-17-30(18-12-29)15-9-28(10-16-30)13-19-32-4/h5-8,21-22,27H,9-20H2,1-4H3/q+1/b26-21-. The van der Waals surface area contributed by atoms with Gasteiger partial charge in [-0.1, -0.05) is 12.1 Å². The van der Waals surface area contributed by atoms with Crippen LogP contribution in [0.25, 0.3) is 6.08 Å². The number of nitrogens with one attached hydrogen (secondary N) is 1. The van der Waals surface area contributed by atoms with Gasteiger partial charge in [0.25, 0.3) is 0 Å². The Labute approximate surface area is 199 Å². The number of allylic oxidation sites excluding steroid dienone is 1. The Kier molecular flexibility index (Phi) is 9.74. The lowest BCUT2D eigenvalue weighted by Crippen LogP contribution is -2.66. The lowest BCUT2D eigenvalue weighted by Gasteiger charge is -2.49. The van der Waals surface area contributed by atoms with Crippen molar-refractivity contribution in [1.29, 1.82) is 0 Å². The first-order chi connectivity index (χ1) is 15.9. The highest BCUT2D eigenvalue weighted by Gasteiger charge is 2.36. The van der Waals surface area contributed by atoms with Gasteiger partial charge in [0.05, 0.1) is 38.5 Å². The van der Waals surface area contributed by atoms with E-state index >= 15 is 0 Å². The molecule has 7 heteroatoms. The minimum atomic E-state index is 0.0441. The van der Waals surface area contributed by atoms with E-state index in [4.69, 9.17) is 9.47 Å². The Balaban J connectivity index is 1.38. The molecule has 0 atom stereocenters. The van der Waals surface area contributed by atoms with Gasteiger partial charge in [0.2, 0.25) is 0 Å². The van der Waals surface area contributed by atoms with Crippen LogP contribution in [-0.2, 0) is 9.53 Å². The molecule has 2 saturated heterocycles. The van der Waals surface area contributed by atoms with Gasteiger partial charge in [0, 0.05) is 59.3 Å². The Hall–Kier alpha value is -1.93. The predicted molar refractivity (Wildman–Crippen MR) is 133 cm³/mol. The maximum atomic E-state index is 11.8. The van der Waals surface area contributed by atoms with Crippen LogP contribution >= 0.6 is 0 Å². The van der Waals surface area contributed by atoms with E-state index in [9.17, 15) is 4.79 Å².